The van der Waals surface area contributed by atoms with Gasteiger partial charge in [-0.3, -0.25) is 0 Å². The highest BCUT2D eigenvalue weighted by molar-refractivity contribution is 5.92. The van der Waals surface area contributed by atoms with Crippen molar-refractivity contribution in [3.05, 3.63) is 84.4 Å². The number of benzene rings is 3. The van der Waals surface area contributed by atoms with E-state index in [4.69, 9.17) is 9.97 Å². The molecule has 0 unspecified atom stereocenters. The van der Waals surface area contributed by atoms with Gasteiger partial charge < -0.3 is 5.32 Å². The molecule has 3 nitrogen and oxygen atoms in total. The first-order valence-corrected chi connectivity index (χ1v) is 9.20. The van der Waals surface area contributed by atoms with Crippen LogP contribution in [0.1, 0.15) is 26.3 Å². The van der Waals surface area contributed by atoms with E-state index in [1.807, 2.05) is 54.6 Å². The van der Waals surface area contributed by atoms with Gasteiger partial charge >= 0.3 is 0 Å². The van der Waals surface area contributed by atoms with Crippen molar-refractivity contribution in [1.82, 2.24) is 9.97 Å². The Labute approximate surface area is 160 Å². The molecule has 0 aliphatic heterocycles. The topological polar surface area (TPSA) is 37.8 Å². The van der Waals surface area contributed by atoms with Crippen LogP contribution >= 0.6 is 0 Å². The predicted molar refractivity (Wildman–Crippen MR) is 113 cm³/mol. The second kappa shape index (κ2) is 6.84. The fraction of sp³-hybridized carbons (Fsp3) is 0.167. The van der Waals surface area contributed by atoms with Crippen molar-refractivity contribution in [2.24, 2.45) is 0 Å². The van der Waals surface area contributed by atoms with E-state index in [-0.39, 0.29) is 5.41 Å². The van der Waals surface area contributed by atoms with Gasteiger partial charge in [-0.25, -0.2) is 9.97 Å². The molecule has 1 N–H and O–H groups in total. The quantitative estimate of drug-likeness (QED) is 0.467. The molecule has 0 saturated carbocycles. The Bertz CT molecular complexity index is 1060. The minimum atomic E-state index is 0.128. The van der Waals surface area contributed by atoms with Gasteiger partial charge in [-0.1, -0.05) is 75.4 Å². The highest BCUT2D eigenvalue weighted by Crippen LogP contribution is 2.29. The van der Waals surface area contributed by atoms with Gasteiger partial charge in [0.2, 0.25) is 0 Å². The van der Waals surface area contributed by atoms with Gasteiger partial charge in [0.05, 0.1) is 5.52 Å². The summed E-state index contributed by atoms with van der Waals surface area (Å²) in [6.45, 7) is 6.66. The van der Waals surface area contributed by atoms with E-state index in [0.717, 1.165) is 33.8 Å². The van der Waals surface area contributed by atoms with Crippen molar-refractivity contribution in [3.8, 4) is 11.4 Å². The molecule has 4 rings (SSSR count). The van der Waals surface area contributed by atoms with Crippen LogP contribution in [0.2, 0.25) is 0 Å². The van der Waals surface area contributed by atoms with Crippen LogP contribution in [-0.2, 0) is 5.41 Å². The first-order chi connectivity index (χ1) is 13.0. The monoisotopic (exact) mass is 353 g/mol. The first-order valence-electron chi connectivity index (χ1n) is 9.20. The van der Waals surface area contributed by atoms with Crippen molar-refractivity contribution in [1.29, 1.82) is 0 Å². The SMILES string of the molecule is CC(C)(C)c1ccc(-c2nc(Nc3ccccc3)c3ccccc3n2)cc1. The van der Waals surface area contributed by atoms with Crippen LogP contribution < -0.4 is 5.32 Å². The molecule has 3 heteroatoms. The molecule has 0 saturated heterocycles. The van der Waals surface area contributed by atoms with E-state index in [1.165, 1.54) is 5.56 Å². The van der Waals surface area contributed by atoms with E-state index in [9.17, 15) is 0 Å². The number of nitrogens with one attached hydrogen (secondary N) is 1. The van der Waals surface area contributed by atoms with Gasteiger partial charge in [-0.05, 0) is 35.2 Å². The first kappa shape index (κ1) is 17.2. The molecule has 0 bridgehead atoms. The molecule has 0 spiro atoms. The second-order valence-electron chi connectivity index (χ2n) is 7.73. The lowest BCUT2D eigenvalue weighted by Crippen LogP contribution is -2.10. The van der Waals surface area contributed by atoms with Crippen LogP contribution in [0.15, 0.2) is 78.9 Å². The number of hydrogen-bond donors (Lipinski definition) is 1. The molecular formula is C24H23N3. The van der Waals surface area contributed by atoms with Gasteiger partial charge in [0.1, 0.15) is 5.82 Å². The van der Waals surface area contributed by atoms with Gasteiger partial charge in [-0.2, -0.15) is 0 Å². The summed E-state index contributed by atoms with van der Waals surface area (Å²) in [5.74, 6) is 1.55. The second-order valence-corrected chi connectivity index (χ2v) is 7.73. The third-order valence-electron chi connectivity index (χ3n) is 4.65. The number of aromatic nitrogens is 2. The van der Waals surface area contributed by atoms with Crippen LogP contribution in [0, 0.1) is 0 Å². The zero-order valence-electron chi connectivity index (χ0n) is 15.9. The minimum Gasteiger partial charge on any atom is -0.340 e. The Morgan fingerprint density at radius 2 is 1.37 bits per heavy atom. The van der Waals surface area contributed by atoms with E-state index in [2.05, 4.69) is 50.4 Å². The molecule has 0 radical (unpaired) electrons. The Balaban J connectivity index is 1.80. The van der Waals surface area contributed by atoms with Crippen molar-refractivity contribution < 1.29 is 0 Å². The lowest BCUT2D eigenvalue weighted by molar-refractivity contribution is 0.590. The van der Waals surface area contributed by atoms with Gasteiger partial charge in [0.25, 0.3) is 0 Å². The lowest BCUT2D eigenvalue weighted by atomic mass is 9.87. The van der Waals surface area contributed by atoms with Crippen LogP contribution in [0.5, 0.6) is 0 Å². The zero-order valence-corrected chi connectivity index (χ0v) is 15.9. The van der Waals surface area contributed by atoms with Crippen molar-refractivity contribution in [2.75, 3.05) is 5.32 Å². The molecule has 0 atom stereocenters. The van der Waals surface area contributed by atoms with Gasteiger partial charge in [0.15, 0.2) is 5.82 Å². The Morgan fingerprint density at radius 1 is 0.704 bits per heavy atom. The van der Waals surface area contributed by atoms with Crippen LogP contribution in [0.25, 0.3) is 22.3 Å². The van der Waals surface area contributed by atoms with E-state index >= 15 is 0 Å². The minimum absolute atomic E-state index is 0.128. The summed E-state index contributed by atoms with van der Waals surface area (Å²) < 4.78 is 0. The normalized spacial score (nSPS) is 11.5. The van der Waals surface area contributed by atoms with Gasteiger partial charge in [0, 0.05) is 16.6 Å². The Hall–Kier alpha value is -3.20. The molecule has 1 aromatic heterocycles. The standard InChI is InChI=1S/C24H23N3/c1-24(2,3)18-15-13-17(14-16-18)22-26-21-12-8-7-11-20(21)23(27-22)25-19-9-5-4-6-10-19/h4-16H,1-3H3,(H,25,26,27). The smallest absolute Gasteiger partial charge is 0.162 e. The third-order valence-corrected chi connectivity index (χ3v) is 4.65. The van der Waals surface area contributed by atoms with Crippen molar-refractivity contribution in [2.45, 2.75) is 26.2 Å². The third kappa shape index (κ3) is 3.68. The lowest BCUT2D eigenvalue weighted by Gasteiger charge is -2.19. The van der Waals surface area contributed by atoms with Crippen LogP contribution in [0.3, 0.4) is 0 Å². The van der Waals surface area contributed by atoms with E-state index in [0.29, 0.717) is 0 Å². The van der Waals surface area contributed by atoms with Crippen LogP contribution in [-0.4, -0.2) is 9.97 Å². The Morgan fingerprint density at radius 3 is 2.07 bits per heavy atom. The number of rotatable bonds is 3. The molecule has 27 heavy (non-hydrogen) atoms. The summed E-state index contributed by atoms with van der Waals surface area (Å²) in [6.07, 6.45) is 0. The average molecular weight is 353 g/mol. The summed E-state index contributed by atoms with van der Waals surface area (Å²) >= 11 is 0. The Kier molecular flexibility index (Phi) is 4.36. The number of fused-ring (bicyclic) bond motifs is 1. The van der Waals surface area contributed by atoms with Crippen molar-refractivity contribution in [3.63, 3.8) is 0 Å². The predicted octanol–water partition coefficient (Wildman–Crippen LogP) is 6.34. The molecule has 0 fully saturated rings. The summed E-state index contributed by atoms with van der Waals surface area (Å²) in [5, 5.41) is 4.45. The molecule has 0 aliphatic carbocycles. The summed E-state index contributed by atoms with van der Waals surface area (Å²) in [4.78, 5) is 9.62. The fourth-order valence-electron chi connectivity index (χ4n) is 3.08. The maximum atomic E-state index is 4.84. The fourth-order valence-corrected chi connectivity index (χ4v) is 3.08. The maximum absolute atomic E-state index is 4.84. The van der Waals surface area contributed by atoms with Crippen molar-refractivity contribution >= 4 is 22.4 Å². The number of anilines is 2. The molecule has 0 amide bonds. The number of nitrogens with zero attached hydrogens (tertiary/aromatic N) is 2. The number of para-hydroxylation sites is 2. The highest BCUT2D eigenvalue weighted by atomic mass is 15.0. The average Bonchev–Trinajstić information content (AvgIpc) is 2.68. The summed E-state index contributed by atoms with van der Waals surface area (Å²) in [5.41, 5.74) is 4.39. The molecule has 3 aromatic carbocycles. The largest absolute Gasteiger partial charge is 0.340 e. The number of hydrogen-bond acceptors (Lipinski definition) is 3. The zero-order chi connectivity index (χ0) is 18.9. The van der Waals surface area contributed by atoms with Crippen LogP contribution in [0.4, 0.5) is 11.5 Å². The molecule has 4 aromatic rings. The highest BCUT2D eigenvalue weighted by Gasteiger charge is 2.14. The van der Waals surface area contributed by atoms with E-state index < -0.39 is 0 Å². The summed E-state index contributed by atoms with van der Waals surface area (Å²) in [6, 6.07) is 26.7. The summed E-state index contributed by atoms with van der Waals surface area (Å²) in [7, 11) is 0. The molecule has 134 valence electrons. The molecule has 1 heterocycles. The van der Waals surface area contributed by atoms with Gasteiger partial charge in [-0.15, -0.1) is 0 Å². The molecule has 0 aliphatic rings. The molecular weight excluding hydrogens is 330 g/mol. The maximum Gasteiger partial charge on any atom is 0.162 e. The van der Waals surface area contributed by atoms with E-state index in [1.54, 1.807) is 0 Å².